The van der Waals surface area contributed by atoms with Crippen LogP contribution in [0.2, 0.25) is 0 Å². The van der Waals surface area contributed by atoms with Crippen LogP contribution >= 0.6 is 0 Å². The van der Waals surface area contributed by atoms with E-state index in [1.807, 2.05) is 0 Å². The average Bonchev–Trinajstić information content (AvgIpc) is 2.68. The topological polar surface area (TPSA) is 55.5 Å². The Morgan fingerprint density at radius 2 is 1.55 bits per heavy atom. The largest absolute Gasteiger partial charge is 0.428 e. The summed E-state index contributed by atoms with van der Waals surface area (Å²) in [5.41, 5.74) is 0.235. The van der Waals surface area contributed by atoms with Gasteiger partial charge in [-0.2, -0.15) is 26.3 Å². The number of hydrogen-bond donors (Lipinski definition) is 2. The lowest BCUT2D eigenvalue weighted by Crippen LogP contribution is -2.65. The van der Waals surface area contributed by atoms with Gasteiger partial charge in [-0.15, -0.1) is 0 Å². The second-order valence-corrected chi connectivity index (χ2v) is 7.49. The fraction of sp³-hybridized carbons (Fsp3) is 0.455. The van der Waals surface area contributed by atoms with E-state index in [2.05, 4.69) is 6.58 Å². The first-order chi connectivity index (χ1) is 14.1. The van der Waals surface area contributed by atoms with E-state index in [0.29, 0.717) is 28.8 Å². The number of benzene rings is 2. The van der Waals surface area contributed by atoms with Crippen molar-refractivity contribution in [2.24, 2.45) is 5.73 Å². The normalized spacial score (nSPS) is 14.6. The molecule has 0 saturated carbocycles. The van der Waals surface area contributed by atoms with Gasteiger partial charge in [0.1, 0.15) is 6.10 Å². The highest BCUT2D eigenvalue weighted by atomic mass is 19.4. The van der Waals surface area contributed by atoms with Crippen LogP contribution in [0.1, 0.15) is 44.7 Å². The van der Waals surface area contributed by atoms with Crippen molar-refractivity contribution < 1.29 is 36.2 Å². The van der Waals surface area contributed by atoms with Gasteiger partial charge in [0.2, 0.25) is 0 Å². The second-order valence-electron chi connectivity index (χ2n) is 7.49. The summed E-state index contributed by atoms with van der Waals surface area (Å²) in [5.74, 6) is 0. The summed E-state index contributed by atoms with van der Waals surface area (Å²) in [6.07, 6.45) is -14.5. The van der Waals surface area contributed by atoms with Crippen molar-refractivity contribution in [3.63, 3.8) is 0 Å². The lowest BCUT2D eigenvalue weighted by molar-refractivity contribution is -0.400. The van der Waals surface area contributed by atoms with Gasteiger partial charge in [-0.25, -0.2) is 0 Å². The first-order valence-electron chi connectivity index (χ1n) is 9.66. The molecule has 0 heterocycles. The molecule has 3 N–H and O–H groups in total. The van der Waals surface area contributed by atoms with Crippen LogP contribution < -0.4 is 5.73 Å². The fourth-order valence-corrected chi connectivity index (χ4v) is 3.78. The zero-order valence-corrected chi connectivity index (χ0v) is 17.4. The maximum Gasteiger partial charge on any atom is 0.428 e. The molecule has 9 heteroatoms. The molecule has 0 fully saturated rings. The van der Waals surface area contributed by atoms with E-state index in [1.165, 1.54) is 0 Å². The molecule has 0 aliphatic rings. The molecule has 0 amide bonds. The SMILES string of the molecule is C=C(N)c1cc(C(CC)(CC)OC(C)C(O)(C(F)(F)F)C(F)(F)F)c2ccccc2c1. The Bertz CT molecular complexity index is 933. The van der Waals surface area contributed by atoms with E-state index < -0.39 is 29.7 Å². The number of fused-ring (bicyclic) bond motifs is 1. The number of alkyl halides is 6. The molecule has 2 rings (SSSR count). The van der Waals surface area contributed by atoms with Gasteiger partial charge in [-0.1, -0.05) is 44.7 Å². The molecule has 3 nitrogen and oxygen atoms in total. The minimum Gasteiger partial charge on any atom is -0.399 e. The van der Waals surface area contributed by atoms with Crippen LogP contribution in [0.25, 0.3) is 16.5 Å². The minimum atomic E-state index is -5.99. The Hall–Kier alpha value is -2.26. The Kier molecular flexibility index (Phi) is 6.73. The van der Waals surface area contributed by atoms with Crippen LogP contribution in [0.5, 0.6) is 0 Å². The van der Waals surface area contributed by atoms with E-state index in [-0.39, 0.29) is 18.5 Å². The van der Waals surface area contributed by atoms with Crippen LogP contribution in [0.15, 0.2) is 43.0 Å². The molecule has 2 aromatic carbocycles. The number of ether oxygens (including phenoxy) is 1. The predicted octanol–water partition coefficient (Wildman–Crippen LogP) is 6.05. The van der Waals surface area contributed by atoms with E-state index >= 15 is 0 Å². The first-order valence-corrected chi connectivity index (χ1v) is 9.66. The smallest absolute Gasteiger partial charge is 0.399 e. The zero-order valence-electron chi connectivity index (χ0n) is 17.4. The third-order valence-corrected chi connectivity index (χ3v) is 5.72. The number of aliphatic hydroxyl groups is 1. The van der Waals surface area contributed by atoms with Crippen LogP contribution in [0, 0.1) is 0 Å². The van der Waals surface area contributed by atoms with Crippen molar-refractivity contribution in [2.75, 3.05) is 0 Å². The summed E-state index contributed by atoms with van der Waals surface area (Å²) in [6.45, 7) is 7.43. The van der Waals surface area contributed by atoms with Crippen LogP contribution in [-0.2, 0) is 10.3 Å². The molecule has 0 aliphatic heterocycles. The Balaban J connectivity index is 2.74. The van der Waals surface area contributed by atoms with Gasteiger partial charge in [-0.05, 0) is 53.8 Å². The second kappa shape index (κ2) is 8.35. The number of hydrogen-bond acceptors (Lipinski definition) is 3. The average molecular weight is 449 g/mol. The highest BCUT2D eigenvalue weighted by Gasteiger charge is 2.74. The van der Waals surface area contributed by atoms with Crippen molar-refractivity contribution in [3.8, 4) is 0 Å². The molecule has 1 unspecified atom stereocenters. The van der Waals surface area contributed by atoms with Crippen molar-refractivity contribution in [1.82, 2.24) is 0 Å². The summed E-state index contributed by atoms with van der Waals surface area (Å²) in [5, 5.41) is 11.1. The van der Waals surface area contributed by atoms with E-state index in [9.17, 15) is 31.4 Å². The molecule has 0 aromatic heterocycles. The zero-order chi connectivity index (χ0) is 23.8. The quantitative estimate of drug-likeness (QED) is 0.507. The van der Waals surface area contributed by atoms with Crippen molar-refractivity contribution in [2.45, 2.75) is 63.3 Å². The van der Waals surface area contributed by atoms with Gasteiger partial charge in [0.05, 0.1) is 5.60 Å². The van der Waals surface area contributed by atoms with Gasteiger partial charge in [0.25, 0.3) is 5.60 Å². The maximum atomic E-state index is 13.4. The molecule has 2 aromatic rings. The maximum absolute atomic E-state index is 13.4. The molecular formula is C22H25F6NO2. The van der Waals surface area contributed by atoms with E-state index in [4.69, 9.17) is 10.5 Å². The van der Waals surface area contributed by atoms with Gasteiger partial charge < -0.3 is 15.6 Å². The lowest BCUT2D eigenvalue weighted by Gasteiger charge is -2.43. The fourth-order valence-electron chi connectivity index (χ4n) is 3.78. The van der Waals surface area contributed by atoms with Crippen molar-refractivity contribution in [3.05, 3.63) is 54.1 Å². The van der Waals surface area contributed by atoms with Crippen molar-refractivity contribution >= 4 is 16.5 Å². The van der Waals surface area contributed by atoms with Crippen LogP contribution in [-0.4, -0.2) is 29.2 Å². The summed E-state index contributed by atoms with van der Waals surface area (Å²) < 4.78 is 85.8. The Morgan fingerprint density at radius 3 is 2.00 bits per heavy atom. The van der Waals surface area contributed by atoms with Crippen LogP contribution in [0.4, 0.5) is 26.3 Å². The van der Waals surface area contributed by atoms with Crippen molar-refractivity contribution in [1.29, 1.82) is 0 Å². The molecule has 1 atom stereocenters. The van der Waals surface area contributed by atoms with Gasteiger partial charge >= 0.3 is 12.4 Å². The standard InChI is InChI=1S/C22H25F6NO2/c1-5-19(6-2,31-14(4)20(30,21(23,24)25)22(26,27)28)18-12-16(13(3)29)11-15-9-7-8-10-17(15)18/h7-12,14,30H,3,5-6,29H2,1-2,4H3. The number of halogens is 6. The monoisotopic (exact) mass is 449 g/mol. The molecule has 31 heavy (non-hydrogen) atoms. The molecular weight excluding hydrogens is 424 g/mol. The number of rotatable bonds is 7. The molecule has 0 bridgehead atoms. The lowest BCUT2D eigenvalue weighted by atomic mass is 9.82. The number of nitrogens with two attached hydrogens (primary N) is 1. The summed E-state index contributed by atoms with van der Waals surface area (Å²) in [6, 6.07) is 10.2. The molecule has 0 aliphatic carbocycles. The highest BCUT2D eigenvalue weighted by molar-refractivity contribution is 5.89. The van der Waals surface area contributed by atoms with E-state index in [0.717, 1.165) is 0 Å². The summed E-state index contributed by atoms with van der Waals surface area (Å²) >= 11 is 0. The minimum absolute atomic E-state index is 0.0458. The Labute approximate surface area is 176 Å². The summed E-state index contributed by atoms with van der Waals surface area (Å²) in [4.78, 5) is 0. The van der Waals surface area contributed by atoms with Gasteiger partial charge in [0.15, 0.2) is 0 Å². The highest BCUT2D eigenvalue weighted by Crippen LogP contribution is 2.49. The van der Waals surface area contributed by atoms with Crippen LogP contribution in [0.3, 0.4) is 0 Å². The molecule has 0 saturated heterocycles. The van der Waals surface area contributed by atoms with Gasteiger partial charge in [-0.3, -0.25) is 0 Å². The van der Waals surface area contributed by atoms with E-state index in [1.54, 1.807) is 50.2 Å². The third kappa shape index (κ3) is 4.25. The summed E-state index contributed by atoms with van der Waals surface area (Å²) in [7, 11) is 0. The third-order valence-electron chi connectivity index (χ3n) is 5.72. The molecule has 0 radical (unpaired) electrons. The Morgan fingerprint density at radius 1 is 1.03 bits per heavy atom. The van der Waals surface area contributed by atoms with Gasteiger partial charge in [0, 0.05) is 5.70 Å². The molecule has 172 valence electrons. The predicted molar refractivity (Wildman–Crippen MR) is 107 cm³/mol. The first kappa shape index (κ1) is 25.0. The molecule has 0 spiro atoms.